The van der Waals surface area contributed by atoms with Crippen molar-refractivity contribution in [3.05, 3.63) is 48.5 Å². The van der Waals surface area contributed by atoms with Gasteiger partial charge in [0.05, 0.1) is 16.6 Å². The fourth-order valence-electron chi connectivity index (χ4n) is 2.94. The molecule has 1 aromatic carbocycles. The van der Waals surface area contributed by atoms with Crippen molar-refractivity contribution in [2.75, 3.05) is 11.1 Å². The maximum Gasteiger partial charge on any atom is 0.277 e. The molecule has 0 aliphatic carbocycles. The van der Waals surface area contributed by atoms with Gasteiger partial charge in [0.2, 0.25) is 0 Å². The number of H-pyrrole nitrogens is 1. The number of nitrogen functional groups attached to an aromatic ring is 1. The van der Waals surface area contributed by atoms with Gasteiger partial charge in [-0.2, -0.15) is 10.2 Å². The first-order valence-corrected chi connectivity index (χ1v) is 8.76. The summed E-state index contributed by atoms with van der Waals surface area (Å²) < 4.78 is 1.69. The van der Waals surface area contributed by atoms with Gasteiger partial charge in [-0.1, -0.05) is 12.1 Å². The van der Waals surface area contributed by atoms with Crippen molar-refractivity contribution < 1.29 is 4.79 Å². The molecule has 0 unspecified atom stereocenters. The number of nitrogens with zero attached hydrogens (tertiary/aromatic N) is 5. The summed E-state index contributed by atoms with van der Waals surface area (Å²) in [4.78, 5) is 21.2. The van der Waals surface area contributed by atoms with Crippen LogP contribution in [0.4, 0.5) is 11.5 Å². The second-order valence-corrected chi connectivity index (χ2v) is 7.38. The highest BCUT2D eigenvalue weighted by molar-refractivity contribution is 6.13. The van der Waals surface area contributed by atoms with Gasteiger partial charge >= 0.3 is 0 Å². The molecule has 0 atom stereocenters. The Balaban J connectivity index is 1.68. The molecule has 0 radical (unpaired) electrons. The summed E-state index contributed by atoms with van der Waals surface area (Å²) in [5.74, 6) is -0.151. The zero-order valence-corrected chi connectivity index (χ0v) is 15.8. The molecule has 0 spiro atoms. The summed E-state index contributed by atoms with van der Waals surface area (Å²) in [6.45, 7) is 5.94. The molecule has 0 aliphatic heterocycles. The van der Waals surface area contributed by atoms with Crippen molar-refractivity contribution >= 4 is 28.4 Å². The van der Waals surface area contributed by atoms with Crippen molar-refractivity contribution in [1.82, 2.24) is 29.9 Å². The minimum absolute atomic E-state index is 0.194. The molecule has 4 rings (SSSR count). The van der Waals surface area contributed by atoms with Crippen molar-refractivity contribution in [2.45, 2.75) is 26.3 Å². The van der Waals surface area contributed by atoms with Gasteiger partial charge in [0.1, 0.15) is 12.1 Å². The first-order valence-electron chi connectivity index (χ1n) is 8.76. The summed E-state index contributed by atoms with van der Waals surface area (Å²) in [5.41, 5.74) is 8.79. The highest BCUT2D eigenvalue weighted by Crippen LogP contribution is 2.27. The third-order valence-corrected chi connectivity index (χ3v) is 4.28. The molecule has 0 aliphatic rings. The average molecular weight is 376 g/mol. The van der Waals surface area contributed by atoms with Crippen LogP contribution in [0.1, 0.15) is 31.3 Å². The minimum Gasteiger partial charge on any atom is -0.383 e. The maximum absolute atomic E-state index is 12.9. The van der Waals surface area contributed by atoms with Crippen LogP contribution in [0.3, 0.4) is 0 Å². The van der Waals surface area contributed by atoms with Gasteiger partial charge in [0, 0.05) is 17.4 Å². The number of aromatic amines is 1. The first-order chi connectivity index (χ1) is 13.3. The minimum atomic E-state index is -0.373. The number of nitrogens with two attached hydrogens (primary N) is 1. The standard InChI is InChI=1S/C19H20N8O/c1-19(2,3)27-17-14(16(20)21-10-22-17)15(26-27)18(28)24-12-6-4-11(5-7-12)13-8-9-23-25-13/h4-10H,1-3H3,(H,23,25)(H,24,28)(H2,20,21,22). The van der Waals surface area contributed by atoms with Gasteiger partial charge < -0.3 is 11.1 Å². The van der Waals surface area contributed by atoms with Gasteiger partial charge in [-0.3, -0.25) is 9.89 Å². The van der Waals surface area contributed by atoms with Crippen LogP contribution >= 0.6 is 0 Å². The lowest BCUT2D eigenvalue weighted by Gasteiger charge is -2.19. The molecule has 0 fully saturated rings. The Morgan fingerprint density at radius 2 is 1.89 bits per heavy atom. The largest absolute Gasteiger partial charge is 0.383 e. The fourth-order valence-corrected chi connectivity index (χ4v) is 2.94. The summed E-state index contributed by atoms with van der Waals surface area (Å²) in [7, 11) is 0. The number of hydrogen-bond donors (Lipinski definition) is 3. The molecule has 0 bridgehead atoms. The van der Waals surface area contributed by atoms with Crippen molar-refractivity contribution in [3.63, 3.8) is 0 Å². The van der Waals surface area contributed by atoms with E-state index >= 15 is 0 Å². The number of aromatic nitrogens is 6. The molecule has 0 saturated heterocycles. The predicted molar refractivity (Wildman–Crippen MR) is 107 cm³/mol. The van der Waals surface area contributed by atoms with Crippen LogP contribution in [-0.4, -0.2) is 35.9 Å². The second-order valence-electron chi connectivity index (χ2n) is 7.38. The number of nitrogens with one attached hydrogen (secondary N) is 2. The van der Waals surface area contributed by atoms with Crippen LogP contribution in [0.5, 0.6) is 0 Å². The normalized spacial score (nSPS) is 11.7. The highest BCUT2D eigenvalue weighted by atomic mass is 16.2. The number of hydrogen-bond acceptors (Lipinski definition) is 6. The van der Waals surface area contributed by atoms with E-state index in [9.17, 15) is 4.79 Å². The Bertz CT molecular complexity index is 1140. The molecule has 3 aromatic heterocycles. The van der Waals surface area contributed by atoms with Gasteiger partial charge in [-0.25, -0.2) is 14.6 Å². The second kappa shape index (κ2) is 6.45. The lowest BCUT2D eigenvalue weighted by molar-refractivity contribution is 0.102. The van der Waals surface area contributed by atoms with E-state index < -0.39 is 0 Å². The molecular formula is C19H20N8O. The lowest BCUT2D eigenvalue weighted by Crippen LogP contribution is -2.24. The van der Waals surface area contributed by atoms with E-state index in [-0.39, 0.29) is 23.0 Å². The van der Waals surface area contributed by atoms with Gasteiger partial charge in [-0.15, -0.1) is 0 Å². The Labute approximate surface area is 161 Å². The maximum atomic E-state index is 12.9. The number of benzene rings is 1. The fraction of sp³-hybridized carbons (Fsp3) is 0.211. The van der Waals surface area contributed by atoms with E-state index in [0.717, 1.165) is 11.3 Å². The summed E-state index contributed by atoms with van der Waals surface area (Å²) in [5, 5.41) is 14.7. The number of carbonyl (C=O) groups is 1. The Hall–Kier alpha value is -3.75. The molecule has 9 heteroatoms. The molecule has 4 N–H and O–H groups in total. The van der Waals surface area contributed by atoms with E-state index in [2.05, 4.69) is 30.6 Å². The Morgan fingerprint density at radius 1 is 1.14 bits per heavy atom. The van der Waals surface area contributed by atoms with Gasteiger partial charge in [0.25, 0.3) is 5.91 Å². The topological polar surface area (TPSA) is 127 Å². The van der Waals surface area contributed by atoms with Crippen LogP contribution in [0.2, 0.25) is 0 Å². The number of amides is 1. The molecule has 28 heavy (non-hydrogen) atoms. The quantitative estimate of drug-likeness (QED) is 0.504. The summed E-state index contributed by atoms with van der Waals surface area (Å²) in [6, 6.07) is 9.27. The lowest BCUT2D eigenvalue weighted by atomic mass is 10.1. The number of rotatable bonds is 3. The first kappa shape index (κ1) is 17.7. The number of carbonyl (C=O) groups excluding carboxylic acids is 1. The van der Waals surface area contributed by atoms with Crippen LogP contribution in [0, 0.1) is 0 Å². The van der Waals surface area contributed by atoms with E-state index in [1.165, 1.54) is 6.33 Å². The molecule has 0 saturated carbocycles. The SMILES string of the molecule is CC(C)(C)n1nc(C(=O)Nc2ccc(-c3cc[nH]n3)cc2)c2c(N)ncnc21. The molecule has 4 aromatic rings. The van der Waals surface area contributed by atoms with Gasteiger partial charge in [0.15, 0.2) is 11.3 Å². The van der Waals surface area contributed by atoms with E-state index in [0.29, 0.717) is 16.7 Å². The summed E-state index contributed by atoms with van der Waals surface area (Å²) in [6.07, 6.45) is 3.13. The molecule has 3 heterocycles. The molecule has 142 valence electrons. The van der Waals surface area contributed by atoms with Crippen LogP contribution < -0.4 is 11.1 Å². The van der Waals surface area contributed by atoms with E-state index in [1.807, 2.05) is 51.1 Å². The Morgan fingerprint density at radius 3 is 2.54 bits per heavy atom. The zero-order chi connectivity index (χ0) is 19.9. The highest BCUT2D eigenvalue weighted by Gasteiger charge is 2.26. The van der Waals surface area contributed by atoms with E-state index in [1.54, 1.807) is 10.9 Å². The number of anilines is 2. The number of fused-ring (bicyclic) bond motifs is 1. The smallest absolute Gasteiger partial charge is 0.277 e. The van der Waals surface area contributed by atoms with Gasteiger partial charge in [-0.05, 0) is 39.0 Å². The average Bonchev–Trinajstić information content (AvgIpc) is 3.30. The molecule has 1 amide bonds. The molecular weight excluding hydrogens is 356 g/mol. The third kappa shape index (κ3) is 3.07. The predicted octanol–water partition coefficient (Wildman–Crippen LogP) is 2.81. The van der Waals surface area contributed by atoms with Crippen LogP contribution in [-0.2, 0) is 5.54 Å². The van der Waals surface area contributed by atoms with E-state index in [4.69, 9.17) is 5.73 Å². The van der Waals surface area contributed by atoms with Crippen molar-refractivity contribution in [2.24, 2.45) is 0 Å². The zero-order valence-electron chi connectivity index (χ0n) is 15.8. The van der Waals surface area contributed by atoms with Crippen LogP contribution in [0.15, 0.2) is 42.9 Å². The molecule has 9 nitrogen and oxygen atoms in total. The Kier molecular flexibility index (Phi) is 4.07. The third-order valence-electron chi connectivity index (χ3n) is 4.28. The van der Waals surface area contributed by atoms with Crippen molar-refractivity contribution in [3.8, 4) is 11.3 Å². The van der Waals surface area contributed by atoms with Crippen molar-refractivity contribution in [1.29, 1.82) is 0 Å². The summed E-state index contributed by atoms with van der Waals surface area (Å²) >= 11 is 0. The van der Waals surface area contributed by atoms with Crippen LogP contribution in [0.25, 0.3) is 22.3 Å². The monoisotopic (exact) mass is 376 g/mol.